The molecular weight excluding hydrogens is 260 g/mol. The molecule has 7 nitrogen and oxygen atoms in total. The van der Waals surface area contributed by atoms with Gasteiger partial charge in [-0.15, -0.1) is 0 Å². The van der Waals surface area contributed by atoms with Crippen LogP contribution in [0.4, 0.5) is 5.69 Å². The van der Waals surface area contributed by atoms with Gasteiger partial charge in [-0.05, 0) is 12.5 Å². The van der Waals surface area contributed by atoms with Crippen molar-refractivity contribution in [3.8, 4) is 11.4 Å². The minimum atomic E-state index is -0.466. The number of nitro benzene ring substituents is 1. The van der Waals surface area contributed by atoms with Crippen LogP contribution in [0.2, 0.25) is 0 Å². The van der Waals surface area contributed by atoms with Crippen LogP contribution in [-0.4, -0.2) is 21.1 Å². The molecule has 20 heavy (non-hydrogen) atoms. The lowest BCUT2D eigenvalue weighted by molar-refractivity contribution is -0.384. The normalized spacial score (nSPS) is 13.9. The fourth-order valence-electron chi connectivity index (χ4n) is 1.89. The van der Waals surface area contributed by atoms with Crippen molar-refractivity contribution in [1.82, 2.24) is 10.1 Å². The molecule has 0 saturated carbocycles. The van der Waals surface area contributed by atoms with Crippen LogP contribution in [0.25, 0.3) is 11.4 Å². The molecule has 1 heterocycles. The predicted molar refractivity (Wildman–Crippen MR) is 73.1 cm³/mol. The Morgan fingerprint density at radius 1 is 1.45 bits per heavy atom. The minimum Gasteiger partial charge on any atom is -0.339 e. The van der Waals surface area contributed by atoms with Gasteiger partial charge in [0.1, 0.15) is 5.56 Å². The van der Waals surface area contributed by atoms with Gasteiger partial charge in [0.25, 0.3) is 5.69 Å². The molecule has 1 aromatic heterocycles. The van der Waals surface area contributed by atoms with Gasteiger partial charge >= 0.3 is 0 Å². The molecule has 2 unspecified atom stereocenters. The van der Waals surface area contributed by atoms with Crippen LogP contribution in [0, 0.1) is 10.1 Å². The second-order valence-corrected chi connectivity index (χ2v) is 4.59. The molecule has 0 fully saturated rings. The van der Waals surface area contributed by atoms with E-state index >= 15 is 0 Å². The Kier molecular flexibility index (Phi) is 4.09. The summed E-state index contributed by atoms with van der Waals surface area (Å²) < 4.78 is 5.17. The lowest BCUT2D eigenvalue weighted by Crippen LogP contribution is -2.25. The maximum Gasteiger partial charge on any atom is 0.280 e. The number of hydrogen-bond donors (Lipinski definition) is 1. The van der Waals surface area contributed by atoms with Crippen molar-refractivity contribution >= 4 is 5.69 Å². The molecule has 0 aliphatic rings. The Morgan fingerprint density at radius 3 is 2.80 bits per heavy atom. The maximum atomic E-state index is 11.0. The number of benzene rings is 1. The quantitative estimate of drug-likeness (QED) is 0.663. The van der Waals surface area contributed by atoms with Crippen molar-refractivity contribution in [1.29, 1.82) is 0 Å². The van der Waals surface area contributed by atoms with E-state index in [0.29, 0.717) is 11.5 Å². The Balaban J connectivity index is 2.36. The number of hydrogen-bond acceptors (Lipinski definition) is 6. The molecule has 0 aliphatic heterocycles. The second-order valence-electron chi connectivity index (χ2n) is 4.59. The molecule has 7 heteroatoms. The van der Waals surface area contributed by atoms with E-state index in [4.69, 9.17) is 10.3 Å². The van der Waals surface area contributed by atoms with Crippen molar-refractivity contribution in [2.45, 2.75) is 32.2 Å². The summed E-state index contributed by atoms with van der Waals surface area (Å²) in [7, 11) is 0. The monoisotopic (exact) mass is 276 g/mol. The molecule has 2 N–H and O–H groups in total. The highest BCUT2D eigenvalue weighted by Crippen LogP contribution is 2.28. The van der Waals surface area contributed by atoms with Gasteiger partial charge in [-0.3, -0.25) is 10.1 Å². The number of nitrogens with two attached hydrogens (primary N) is 1. The number of rotatable bonds is 5. The van der Waals surface area contributed by atoms with Gasteiger partial charge in [-0.25, -0.2) is 0 Å². The van der Waals surface area contributed by atoms with Crippen LogP contribution in [0.15, 0.2) is 28.8 Å². The standard InChI is InChI=1S/C13H16N4O3/c1-3-10(14)8(2)13-15-12(16-20-13)9-6-4-5-7-11(9)17(18)19/h4-8,10H,3,14H2,1-2H3. The molecule has 0 spiro atoms. The molecule has 0 saturated heterocycles. The SMILES string of the molecule is CCC(N)C(C)c1nc(-c2ccccc2[N+](=O)[O-])no1. The van der Waals surface area contributed by atoms with Gasteiger partial charge in [-0.1, -0.05) is 31.1 Å². The Morgan fingerprint density at radius 2 is 2.15 bits per heavy atom. The highest BCUT2D eigenvalue weighted by atomic mass is 16.6. The van der Waals surface area contributed by atoms with Crippen LogP contribution in [0.5, 0.6) is 0 Å². The van der Waals surface area contributed by atoms with E-state index in [-0.39, 0.29) is 23.5 Å². The molecule has 0 radical (unpaired) electrons. The summed E-state index contributed by atoms with van der Waals surface area (Å²) in [5.41, 5.74) is 6.23. The van der Waals surface area contributed by atoms with Crippen molar-refractivity contribution in [3.63, 3.8) is 0 Å². The summed E-state index contributed by atoms with van der Waals surface area (Å²) in [6.45, 7) is 3.87. The molecule has 2 aromatic rings. The summed E-state index contributed by atoms with van der Waals surface area (Å²) in [6.07, 6.45) is 0.782. The predicted octanol–water partition coefficient (Wildman–Crippen LogP) is 2.49. The van der Waals surface area contributed by atoms with Gasteiger partial charge < -0.3 is 10.3 Å². The van der Waals surface area contributed by atoms with Gasteiger partial charge in [-0.2, -0.15) is 4.98 Å². The second kappa shape index (κ2) is 5.79. The molecule has 0 aliphatic carbocycles. The number of aromatic nitrogens is 2. The van der Waals surface area contributed by atoms with Gasteiger partial charge in [0.05, 0.1) is 10.8 Å². The first-order chi connectivity index (χ1) is 9.54. The average Bonchev–Trinajstić information content (AvgIpc) is 2.95. The van der Waals surface area contributed by atoms with Crippen LogP contribution in [-0.2, 0) is 0 Å². The zero-order valence-electron chi connectivity index (χ0n) is 11.3. The molecule has 2 atom stereocenters. The first-order valence-corrected chi connectivity index (χ1v) is 6.37. The van der Waals surface area contributed by atoms with Crippen molar-refractivity contribution in [2.75, 3.05) is 0 Å². The summed E-state index contributed by atoms with van der Waals surface area (Å²) in [6, 6.07) is 6.20. The summed E-state index contributed by atoms with van der Waals surface area (Å²) >= 11 is 0. The minimum absolute atomic E-state index is 0.0488. The first kappa shape index (κ1) is 14.1. The summed E-state index contributed by atoms with van der Waals surface area (Å²) in [4.78, 5) is 14.8. The van der Waals surface area contributed by atoms with Crippen LogP contribution >= 0.6 is 0 Å². The fraction of sp³-hybridized carbons (Fsp3) is 0.385. The molecule has 1 aromatic carbocycles. The third-order valence-corrected chi connectivity index (χ3v) is 3.29. The molecular formula is C13H16N4O3. The molecule has 0 amide bonds. The van der Waals surface area contributed by atoms with Crippen LogP contribution < -0.4 is 5.73 Å². The van der Waals surface area contributed by atoms with Gasteiger partial charge in [0, 0.05) is 12.1 Å². The van der Waals surface area contributed by atoms with Crippen LogP contribution in [0.3, 0.4) is 0 Å². The highest BCUT2D eigenvalue weighted by molar-refractivity contribution is 5.67. The van der Waals surface area contributed by atoms with Gasteiger partial charge in [0.2, 0.25) is 11.7 Å². The largest absolute Gasteiger partial charge is 0.339 e. The summed E-state index contributed by atoms with van der Waals surface area (Å²) in [5, 5.41) is 14.8. The lowest BCUT2D eigenvalue weighted by atomic mass is 10.0. The van der Waals surface area contributed by atoms with E-state index in [0.717, 1.165) is 6.42 Å². The van der Waals surface area contributed by atoms with E-state index in [2.05, 4.69) is 10.1 Å². The number of para-hydroxylation sites is 1. The van der Waals surface area contributed by atoms with E-state index < -0.39 is 4.92 Å². The van der Waals surface area contributed by atoms with E-state index in [1.54, 1.807) is 18.2 Å². The summed E-state index contributed by atoms with van der Waals surface area (Å²) in [5.74, 6) is 0.513. The Bertz CT molecular complexity index is 611. The molecule has 2 rings (SSSR count). The van der Waals surface area contributed by atoms with Crippen molar-refractivity contribution in [2.24, 2.45) is 5.73 Å². The number of nitro groups is 1. The average molecular weight is 276 g/mol. The Labute approximate surface area is 115 Å². The van der Waals surface area contributed by atoms with E-state index in [1.807, 2.05) is 13.8 Å². The maximum absolute atomic E-state index is 11.0. The van der Waals surface area contributed by atoms with Gasteiger partial charge in [0.15, 0.2) is 0 Å². The molecule has 0 bridgehead atoms. The smallest absolute Gasteiger partial charge is 0.280 e. The van der Waals surface area contributed by atoms with E-state index in [9.17, 15) is 10.1 Å². The van der Waals surface area contributed by atoms with Crippen molar-refractivity contribution in [3.05, 3.63) is 40.3 Å². The Hall–Kier alpha value is -2.28. The number of nitrogens with zero attached hydrogens (tertiary/aromatic N) is 3. The topological polar surface area (TPSA) is 108 Å². The van der Waals surface area contributed by atoms with E-state index in [1.165, 1.54) is 6.07 Å². The highest BCUT2D eigenvalue weighted by Gasteiger charge is 2.23. The third kappa shape index (κ3) is 2.67. The zero-order chi connectivity index (χ0) is 14.7. The first-order valence-electron chi connectivity index (χ1n) is 6.37. The molecule has 106 valence electrons. The fourth-order valence-corrected chi connectivity index (χ4v) is 1.89. The lowest BCUT2D eigenvalue weighted by Gasteiger charge is -2.13. The van der Waals surface area contributed by atoms with Crippen LogP contribution in [0.1, 0.15) is 32.1 Å². The zero-order valence-corrected chi connectivity index (χ0v) is 11.3. The van der Waals surface area contributed by atoms with Crippen molar-refractivity contribution < 1.29 is 9.45 Å². The third-order valence-electron chi connectivity index (χ3n) is 3.29.